The molecule has 57 heavy (non-hydrogen) atoms. The van der Waals surface area contributed by atoms with Crippen LogP contribution in [0.3, 0.4) is 0 Å². The third kappa shape index (κ3) is 14.2. The van der Waals surface area contributed by atoms with E-state index < -0.39 is 56.2 Å². The molecule has 0 aliphatic rings. The highest BCUT2D eigenvalue weighted by atomic mass is 32.2. The zero-order valence-electron chi connectivity index (χ0n) is 35.1. The van der Waals surface area contributed by atoms with Gasteiger partial charge in [-0.1, -0.05) is 124 Å². The summed E-state index contributed by atoms with van der Waals surface area (Å²) in [5, 5.41) is 5.44. The van der Waals surface area contributed by atoms with Crippen LogP contribution >= 0.6 is 0 Å². The Kier molecular flexibility index (Phi) is 18.5. The Morgan fingerprint density at radius 3 is 1.96 bits per heavy atom. The van der Waals surface area contributed by atoms with Gasteiger partial charge in [-0.25, -0.2) is 27.3 Å². The van der Waals surface area contributed by atoms with E-state index in [0.29, 0.717) is 23.1 Å². The second-order valence-electron chi connectivity index (χ2n) is 16.1. The summed E-state index contributed by atoms with van der Waals surface area (Å²) in [4.78, 5) is 69.3. The van der Waals surface area contributed by atoms with Gasteiger partial charge in [0.1, 0.15) is 5.75 Å². The third-order valence-electron chi connectivity index (χ3n) is 9.90. The summed E-state index contributed by atoms with van der Waals surface area (Å²) in [6.45, 7) is 10.9. The van der Waals surface area contributed by atoms with Gasteiger partial charge in [0, 0.05) is 24.1 Å². The number of carbonyl (C=O) groups is 3. The first-order valence-corrected chi connectivity index (χ1v) is 22.4. The molecule has 1 aromatic heterocycles. The van der Waals surface area contributed by atoms with E-state index in [1.54, 1.807) is 64.1 Å². The van der Waals surface area contributed by atoms with Crippen molar-refractivity contribution in [3.63, 3.8) is 0 Å². The number of sulfone groups is 1. The third-order valence-corrected chi connectivity index (χ3v) is 11.9. The molecule has 2 N–H and O–H groups in total. The van der Waals surface area contributed by atoms with Crippen LogP contribution in [0.15, 0.2) is 58.1 Å². The number of ether oxygens (including phenoxy) is 1. The Morgan fingerprint density at radius 1 is 0.789 bits per heavy atom. The maximum Gasteiger partial charge on any atom is 0.353 e. The molecule has 0 radical (unpaired) electrons. The van der Waals surface area contributed by atoms with Crippen LogP contribution in [0.1, 0.15) is 131 Å². The number of unbranched alkanes of at least 4 members (excludes halogenated alkanes) is 10. The normalized spacial score (nSPS) is 12.9. The van der Waals surface area contributed by atoms with Crippen LogP contribution in [0.25, 0.3) is 5.69 Å². The number of anilines is 2. The van der Waals surface area contributed by atoms with Gasteiger partial charge in [-0.3, -0.25) is 14.4 Å². The molecule has 2 unspecified atom stereocenters. The molecule has 0 saturated carbocycles. The fourth-order valence-corrected chi connectivity index (χ4v) is 8.60. The molecule has 0 fully saturated rings. The summed E-state index contributed by atoms with van der Waals surface area (Å²) >= 11 is 0. The fraction of sp³-hybridized carbons (Fsp3) is 0.605. The van der Waals surface area contributed by atoms with Gasteiger partial charge in [0.15, 0.2) is 21.7 Å². The van der Waals surface area contributed by atoms with Crippen molar-refractivity contribution >= 4 is 38.8 Å². The van der Waals surface area contributed by atoms with Gasteiger partial charge >= 0.3 is 11.4 Å². The Labute approximate surface area is 338 Å². The summed E-state index contributed by atoms with van der Waals surface area (Å²) in [5.74, 6) is -2.24. The number of methoxy groups -OCH3 is 1. The van der Waals surface area contributed by atoms with Crippen molar-refractivity contribution in [1.29, 1.82) is 0 Å². The highest BCUT2D eigenvalue weighted by molar-refractivity contribution is 7.91. The summed E-state index contributed by atoms with van der Waals surface area (Å²) in [5.41, 5.74) is -2.00. The largest absolute Gasteiger partial charge is 0.495 e. The predicted molar refractivity (Wildman–Crippen MR) is 227 cm³/mol. The van der Waals surface area contributed by atoms with Gasteiger partial charge in [-0.15, -0.1) is 0 Å². The Morgan fingerprint density at radius 2 is 1.39 bits per heavy atom. The number of para-hydroxylation sites is 1. The summed E-state index contributed by atoms with van der Waals surface area (Å²) in [7, 11) is -1.95. The van der Waals surface area contributed by atoms with Crippen molar-refractivity contribution < 1.29 is 27.5 Å². The molecule has 0 saturated heterocycles. The predicted octanol–water partition coefficient (Wildman–Crippen LogP) is 7.70. The van der Waals surface area contributed by atoms with Gasteiger partial charge < -0.3 is 15.4 Å². The summed E-state index contributed by atoms with van der Waals surface area (Å²) in [6, 6.07) is 11.2. The van der Waals surface area contributed by atoms with Crippen molar-refractivity contribution in [2.75, 3.05) is 29.2 Å². The lowest BCUT2D eigenvalue weighted by Gasteiger charge is -2.24. The second kappa shape index (κ2) is 22.5. The Hall–Kier alpha value is -4.46. The van der Waals surface area contributed by atoms with E-state index in [0.717, 1.165) is 25.7 Å². The summed E-state index contributed by atoms with van der Waals surface area (Å²) < 4.78 is 34.3. The van der Waals surface area contributed by atoms with Gasteiger partial charge in [0.05, 0.1) is 30.0 Å². The van der Waals surface area contributed by atoms with Gasteiger partial charge in [0.2, 0.25) is 5.91 Å². The topological polar surface area (TPSA) is 168 Å². The number of nitrogens with one attached hydrogen (secondary N) is 2. The number of aromatic nitrogens is 3. The van der Waals surface area contributed by atoms with Crippen LogP contribution in [0, 0.1) is 11.3 Å². The minimum Gasteiger partial charge on any atom is -0.495 e. The zero-order valence-corrected chi connectivity index (χ0v) is 35.9. The number of amides is 2. The second-order valence-corrected chi connectivity index (χ2v) is 18.4. The number of Topliss-reactive ketones (excluding diaryl/α,β-unsaturated/α-hetero) is 1. The number of hydrogen-bond acceptors (Lipinski definition) is 8. The number of ketones is 1. The number of nitrogens with zero attached hydrogens (tertiary/aromatic N) is 3. The molecule has 2 aromatic carbocycles. The van der Waals surface area contributed by atoms with Crippen molar-refractivity contribution in [2.24, 2.45) is 11.3 Å². The highest BCUT2D eigenvalue weighted by Gasteiger charge is 2.40. The number of carbonyl (C=O) groups excluding carboxylic acids is 3. The lowest BCUT2D eigenvalue weighted by atomic mass is 9.86. The summed E-state index contributed by atoms with van der Waals surface area (Å²) in [6.07, 6.45) is 12.4. The van der Waals surface area contributed by atoms with E-state index in [4.69, 9.17) is 4.74 Å². The molecule has 2 atom stereocenters. The van der Waals surface area contributed by atoms with E-state index in [9.17, 15) is 32.4 Å². The molecule has 316 valence electrons. The molecule has 2 amide bonds. The first kappa shape index (κ1) is 46.9. The van der Waals surface area contributed by atoms with Crippen LogP contribution < -0.4 is 26.7 Å². The average molecular weight is 812 g/mol. The van der Waals surface area contributed by atoms with Crippen LogP contribution in [0.4, 0.5) is 11.4 Å². The van der Waals surface area contributed by atoms with E-state index in [1.807, 2.05) is 6.92 Å². The molecule has 0 aliphatic carbocycles. The van der Waals surface area contributed by atoms with E-state index >= 15 is 0 Å². The van der Waals surface area contributed by atoms with Crippen molar-refractivity contribution in [1.82, 2.24) is 13.9 Å². The minimum atomic E-state index is -3.33. The SMILES string of the molecule is CCCCCCCCCCCCS(=O)(=O)CC(C)CC(=O)Nc1ccc(OC)c(NC(=O)C(C(=O)C(C)(C)C)n2c(=O)n(CCCC)n(-c3ccccc3)c2=O)c1. The first-order valence-electron chi connectivity index (χ1n) is 20.6. The fourth-order valence-electron chi connectivity index (χ4n) is 6.80. The lowest BCUT2D eigenvalue weighted by molar-refractivity contribution is -0.135. The monoisotopic (exact) mass is 811 g/mol. The molecule has 13 nitrogen and oxygen atoms in total. The van der Waals surface area contributed by atoms with Gasteiger partial charge in [0.25, 0.3) is 5.91 Å². The maximum absolute atomic E-state index is 14.2. The molecule has 3 rings (SSSR count). The van der Waals surface area contributed by atoms with Crippen LogP contribution in [-0.2, 0) is 30.8 Å². The molecule has 0 bridgehead atoms. The quantitative estimate of drug-likeness (QED) is 0.0649. The molecule has 0 spiro atoms. The molecule has 3 aromatic rings. The van der Waals surface area contributed by atoms with Crippen molar-refractivity contribution in [3.05, 3.63) is 69.5 Å². The van der Waals surface area contributed by atoms with Crippen molar-refractivity contribution in [3.8, 4) is 11.4 Å². The maximum atomic E-state index is 14.2. The zero-order chi connectivity index (χ0) is 42.2. The Balaban J connectivity index is 1.75. The molecular weight excluding hydrogens is 747 g/mol. The van der Waals surface area contributed by atoms with E-state index in [1.165, 1.54) is 67.1 Å². The van der Waals surface area contributed by atoms with E-state index in [-0.39, 0.29) is 41.6 Å². The van der Waals surface area contributed by atoms with Crippen LogP contribution in [-0.4, -0.2) is 58.6 Å². The van der Waals surface area contributed by atoms with Crippen LogP contribution in [0.2, 0.25) is 0 Å². The Bertz CT molecular complexity index is 1990. The standard InChI is InChI=1S/C43H65N5O8S/c1-8-10-12-13-14-15-16-17-18-22-28-57(54,55)31-32(3)29-37(49)44-33-25-26-36(56-7)35(30-33)45-40(51)38(39(50)43(4,5)6)47-41(52)46(27-11-9-2)48(42(47)53)34-23-20-19-21-24-34/h19-21,23-26,30,32,38H,8-18,22,27-29,31H2,1-7H3,(H,44,49)(H,45,51). The van der Waals surface area contributed by atoms with Gasteiger partial charge in [-0.2, -0.15) is 4.68 Å². The molecule has 0 aliphatic heterocycles. The highest BCUT2D eigenvalue weighted by Crippen LogP contribution is 2.30. The smallest absolute Gasteiger partial charge is 0.353 e. The lowest BCUT2D eigenvalue weighted by Crippen LogP contribution is -2.46. The van der Waals surface area contributed by atoms with Gasteiger partial charge in [-0.05, 0) is 49.1 Å². The molecule has 14 heteroatoms. The number of benzene rings is 2. The molecular formula is C43H65N5O8S. The minimum absolute atomic E-state index is 0.0429. The first-order chi connectivity index (χ1) is 27.0. The van der Waals surface area contributed by atoms with Crippen LogP contribution in [0.5, 0.6) is 5.75 Å². The average Bonchev–Trinajstić information content (AvgIpc) is 3.39. The number of hydrogen-bond donors (Lipinski definition) is 2. The van der Waals surface area contributed by atoms with Crippen molar-refractivity contribution in [2.45, 2.75) is 138 Å². The number of rotatable bonds is 25. The molecule has 1 heterocycles. The van der Waals surface area contributed by atoms with E-state index in [2.05, 4.69) is 17.6 Å².